The summed E-state index contributed by atoms with van der Waals surface area (Å²) >= 11 is 0. The van der Waals surface area contributed by atoms with E-state index in [9.17, 15) is 13.6 Å². The van der Waals surface area contributed by atoms with Gasteiger partial charge in [-0.1, -0.05) is 30.3 Å². The van der Waals surface area contributed by atoms with Crippen molar-refractivity contribution in [3.05, 3.63) is 83.6 Å². The summed E-state index contributed by atoms with van der Waals surface area (Å²) < 4.78 is 26.7. The molecule has 0 saturated carbocycles. The van der Waals surface area contributed by atoms with Gasteiger partial charge in [-0.3, -0.25) is 4.79 Å². The van der Waals surface area contributed by atoms with E-state index in [-0.39, 0.29) is 17.4 Å². The zero-order valence-electron chi connectivity index (χ0n) is 15.6. The second-order valence-electron chi connectivity index (χ2n) is 6.56. The summed E-state index contributed by atoms with van der Waals surface area (Å²) in [7, 11) is 0. The fourth-order valence-corrected chi connectivity index (χ4v) is 2.68. The summed E-state index contributed by atoms with van der Waals surface area (Å²) in [4.78, 5) is 14.3. The average Bonchev–Trinajstić information content (AvgIpc) is 2.69. The van der Waals surface area contributed by atoms with Crippen LogP contribution >= 0.6 is 0 Å². The van der Waals surface area contributed by atoms with Gasteiger partial charge >= 0.3 is 0 Å². The second kappa shape index (κ2) is 8.56. The SMILES string of the molecule is CC(C)N(Cc1ccccc1)c1ccc(C(=O)Nc2ccc(F)cc2F)nn1. The highest BCUT2D eigenvalue weighted by atomic mass is 19.1. The first-order valence-electron chi connectivity index (χ1n) is 8.84. The van der Waals surface area contributed by atoms with Crippen LogP contribution in [0, 0.1) is 11.6 Å². The number of carbonyl (C=O) groups excluding carboxylic acids is 1. The minimum absolute atomic E-state index is 0.0379. The van der Waals surface area contributed by atoms with Crippen LogP contribution in [0.25, 0.3) is 0 Å². The third-order valence-corrected chi connectivity index (χ3v) is 4.18. The normalized spacial score (nSPS) is 10.8. The van der Waals surface area contributed by atoms with Crippen molar-refractivity contribution in [2.75, 3.05) is 10.2 Å². The third-order valence-electron chi connectivity index (χ3n) is 4.18. The average molecular weight is 382 g/mol. The van der Waals surface area contributed by atoms with Crippen LogP contribution in [0.15, 0.2) is 60.7 Å². The van der Waals surface area contributed by atoms with Crippen molar-refractivity contribution in [2.45, 2.75) is 26.4 Å². The molecular formula is C21H20F2N4O. The highest BCUT2D eigenvalue weighted by Crippen LogP contribution is 2.19. The molecule has 1 aromatic heterocycles. The number of amides is 1. The zero-order chi connectivity index (χ0) is 20.1. The van der Waals surface area contributed by atoms with Gasteiger partial charge in [0.2, 0.25) is 0 Å². The van der Waals surface area contributed by atoms with Gasteiger partial charge in [0.1, 0.15) is 11.6 Å². The van der Waals surface area contributed by atoms with Crippen molar-refractivity contribution < 1.29 is 13.6 Å². The monoisotopic (exact) mass is 382 g/mol. The van der Waals surface area contributed by atoms with E-state index in [0.717, 1.165) is 17.7 Å². The highest BCUT2D eigenvalue weighted by molar-refractivity contribution is 6.02. The molecule has 1 amide bonds. The van der Waals surface area contributed by atoms with Crippen molar-refractivity contribution in [1.82, 2.24) is 10.2 Å². The Balaban J connectivity index is 1.74. The van der Waals surface area contributed by atoms with Crippen LogP contribution in [0.3, 0.4) is 0 Å². The predicted molar refractivity (Wildman–Crippen MR) is 104 cm³/mol. The number of nitrogens with one attached hydrogen (secondary N) is 1. The molecule has 28 heavy (non-hydrogen) atoms. The number of nitrogens with zero attached hydrogens (tertiary/aromatic N) is 3. The largest absolute Gasteiger partial charge is 0.348 e. The topological polar surface area (TPSA) is 58.1 Å². The first-order chi connectivity index (χ1) is 13.4. The number of benzene rings is 2. The van der Waals surface area contributed by atoms with Gasteiger partial charge in [-0.05, 0) is 43.7 Å². The Hall–Kier alpha value is -3.35. The standard InChI is InChI=1S/C21H20F2N4O/c1-14(2)27(13-15-6-4-3-5-7-15)20-11-10-19(25-26-20)21(28)24-18-9-8-16(22)12-17(18)23/h3-12,14H,13H2,1-2H3,(H,24,28). The van der Waals surface area contributed by atoms with Crippen molar-refractivity contribution in [2.24, 2.45) is 0 Å². The fourth-order valence-electron chi connectivity index (χ4n) is 2.68. The zero-order valence-corrected chi connectivity index (χ0v) is 15.6. The van der Waals surface area contributed by atoms with Gasteiger partial charge in [0.05, 0.1) is 5.69 Å². The Morgan fingerprint density at radius 3 is 2.39 bits per heavy atom. The predicted octanol–water partition coefficient (Wildman–Crippen LogP) is 4.42. The number of anilines is 2. The number of hydrogen-bond acceptors (Lipinski definition) is 4. The summed E-state index contributed by atoms with van der Waals surface area (Å²) in [5.74, 6) is -1.56. The molecule has 0 aliphatic heterocycles. The lowest BCUT2D eigenvalue weighted by molar-refractivity contribution is 0.102. The van der Waals surface area contributed by atoms with Crippen molar-refractivity contribution in [3.63, 3.8) is 0 Å². The lowest BCUT2D eigenvalue weighted by Gasteiger charge is -2.27. The molecule has 0 aliphatic carbocycles. The van der Waals surface area contributed by atoms with Crippen LogP contribution in [0.5, 0.6) is 0 Å². The van der Waals surface area contributed by atoms with E-state index in [1.807, 2.05) is 44.2 Å². The number of carbonyl (C=O) groups is 1. The molecule has 7 heteroatoms. The van der Waals surface area contributed by atoms with Crippen molar-refractivity contribution >= 4 is 17.4 Å². The highest BCUT2D eigenvalue weighted by Gasteiger charge is 2.16. The van der Waals surface area contributed by atoms with Crippen LogP contribution in [0.4, 0.5) is 20.3 Å². The number of halogens is 2. The maximum atomic E-state index is 13.7. The minimum Gasteiger partial charge on any atom is -0.348 e. The van der Waals surface area contributed by atoms with Crippen molar-refractivity contribution in [1.29, 1.82) is 0 Å². The van der Waals surface area contributed by atoms with Gasteiger partial charge in [0.25, 0.3) is 5.91 Å². The van der Waals surface area contributed by atoms with E-state index >= 15 is 0 Å². The fraction of sp³-hybridized carbons (Fsp3) is 0.190. The molecule has 1 N–H and O–H groups in total. The molecule has 0 atom stereocenters. The number of aromatic nitrogens is 2. The molecule has 0 bridgehead atoms. The maximum absolute atomic E-state index is 13.7. The van der Waals surface area contributed by atoms with Crippen LogP contribution in [0.1, 0.15) is 29.9 Å². The molecule has 0 spiro atoms. The maximum Gasteiger partial charge on any atom is 0.276 e. The summed E-state index contributed by atoms with van der Waals surface area (Å²) in [6.45, 7) is 4.74. The van der Waals surface area contributed by atoms with Crippen LogP contribution < -0.4 is 10.2 Å². The molecule has 0 fully saturated rings. The van der Waals surface area contributed by atoms with E-state index in [1.165, 1.54) is 6.07 Å². The Bertz CT molecular complexity index is 946. The molecule has 144 valence electrons. The van der Waals surface area contributed by atoms with Crippen molar-refractivity contribution in [3.8, 4) is 0 Å². The van der Waals surface area contributed by atoms with Crippen LogP contribution in [-0.4, -0.2) is 22.1 Å². The van der Waals surface area contributed by atoms with Gasteiger partial charge in [-0.25, -0.2) is 8.78 Å². The summed E-state index contributed by atoms with van der Waals surface area (Å²) in [5.41, 5.74) is 1.05. The van der Waals surface area contributed by atoms with Crippen LogP contribution in [-0.2, 0) is 6.54 Å². The summed E-state index contributed by atoms with van der Waals surface area (Å²) in [6, 6.07) is 16.3. The lowest BCUT2D eigenvalue weighted by atomic mass is 10.2. The van der Waals surface area contributed by atoms with Gasteiger partial charge in [0.15, 0.2) is 11.5 Å². The van der Waals surface area contributed by atoms with E-state index in [0.29, 0.717) is 18.4 Å². The molecular weight excluding hydrogens is 362 g/mol. The molecule has 5 nitrogen and oxygen atoms in total. The quantitative estimate of drug-likeness (QED) is 0.686. The Kier molecular flexibility index (Phi) is 5.93. The second-order valence-corrected chi connectivity index (χ2v) is 6.56. The molecule has 0 aliphatic rings. The van der Waals surface area contributed by atoms with Crippen LogP contribution in [0.2, 0.25) is 0 Å². The Morgan fingerprint density at radius 2 is 1.79 bits per heavy atom. The first-order valence-corrected chi connectivity index (χ1v) is 8.84. The molecule has 0 radical (unpaired) electrons. The molecule has 3 rings (SSSR count). The third kappa shape index (κ3) is 4.68. The summed E-state index contributed by atoms with van der Waals surface area (Å²) in [5, 5.41) is 10.5. The molecule has 0 unspecified atom stereocenters. The minimum atomic E-state index is -0.855. The lowest BCUT2D eigenvalue weighted by Crippen LogP contribution is -2.31. The molecule has 1 heterocycles. The number of rotatable bonds is 6. The number of hydrogen-bond donors (Lipinski definition) is 1. The van der Waals surface area contributed by atoms with Gasteiger partial charge in [0, 0.05) is 18.7 Å². The Morgan fingerprint density at radius 1 is 1.04 bits per heavy atom. The van der Waals surface area contributed by atoms with E-state index < -0.39 is 17.5 Å². The van der Waals surface area contributed by atoms with Gasteiger partial charge in [-0.2, -0.15) is 0 Å². The smallest absolute Gasteiger partial charge is 0.276 e. The molecule has 2 aromatic carbocycles. The molecule has 3 aromatic rings. The summed E-state index contributed by atoms with van der Waals surface area (Å²) in [6.07, 6.45) is 0. The van der Waals surface area contributed by atoms with E-state index in [4.69, 9.17) is 0 Å². The van der Waals surface area contributed by atoms with E-state index in [1.54, 1.807) is 6.07 Å². The van der Waals surface area contributed by atoms with Gasteiger partial charge < -0.3 is 10.2 Å². The Labute approximate surface area is 162 Å². The van der Waals surface area contributed by atoms with E-state index in [2.05, 4.69) is 20.4 Å². The molecule has 0 saturated heterocycles. The first kappa shape index (κ1) is 19.4. The van der Waals surface area contributed by atoms with Gasteiger partial charge in [-0.15, -0.1) is 10.2 Å².